The fourth-order valence-corrected chi connectivity index (χ4v) is 2.41. The van der Waals surface area contributed by atoms with Gasteiger partial charge in [-0.3, -0.25) is 0 Å². The quantitative estimate of drug-likeness (QED) is 0.580. The van der Waals surface area contributed by atoms with Gasteiger partial charge in [-0.2, -0.15) is 0 Å². The van der Waals surface area contributed by atoms with E-state index in [1.54, 1.807) is 0 Å². The van der Waals surface area contributed by atoms with E-state index in [2.05, 4.69) is 30.5 Å². The largest absolute Gasteiger partial charge is 0.494 e. The molecular formula is C20H27ClN2O. The first-order valence-corrected chi connectivity index (χ1v) is 8.89. The Kier molecular flexibility index (Phi) is 7.26. The third-order valence-electron chi connectivity index (χ3n) is 3.75. The predicted molar refractivity (Wildman–Crippen MR) is 105 cm³/mol. The lowest BCUT2D eigenvalue weighted by atomic mass is 10.1. The van der Waals surface area contributed by atoms with E-state index in [-0.39, 0.29) is 0 Å². The maximum atomic E-state index is 6.13. The summed E-state index contributed by atoms with van der Waals surface area (Å²) in [6, 6.07) is 14.1. The first kappa shape index (κ1) is 18.5. The highest BCUT2D eigenvalue weighted by atomic mass is 35.5. The minimum absolute atomic E-state index is 0.660. The number of anilines is 2. The van der Waals surface area contributed by atoms with Crippen molar-refractivity contribution in [3.63, 3.8) is 0 Å². The molecular weight excluding hydrogens is 320 g/mol. The predicted octanol–water partition coefficient (Wildman–Crippen LogP) is 5.60. The first-order valence-electron chi connectivity index (χ1n) is 8.51. The summed E-state index contributed by atoms with van der Waals surface area (Å²) in [7, 11) is 0. The Morgan fingerprint density at radius 2 is 1.71 bits per heavy atom. The van der Waals surface area contributed by atoms with E-state index in [1.165, 1.54) is 0 Å². The van der Waals surface area contributed by atoms with Gasteiger partial charge >= 0.3 is 0 Å². The Balaban J connectivity index is 1.74. The van der Waals surface area contributed by atoms with Gasteiger partial charge in [-0.05, 0) is 49.1 Å². The molecule has 0 fully saturated rings. The highest BCUT2D eigenvalue weighted by Gasteiger charge is 2.00. The molecule has 0 bridgehead atoms. The van der Waals surface area contributed by atoms with Crippen LogP contribution in [0.4, 0.5) is 11.4 Å². The minimum atomic E-state index is 0.660. The molecule has 0 atom stereocenters. The molecule has 2 N–H and O–H groups in total. The van der Waals surface area contributed by atoms with Crippen LogP contribution in [0.15, 0.2) is 42.5 Å². The molecule has 0 spiro atoms. The second-order valence-electron chi connectivity index (χ2n) is 6.38. The Hall–Kier alpha value is -1.87. The topological polar surface area (TPSA) is 33.3 Å². The highest BCUT2D eigenvalue weighted by molar-refractivity contribution is 6.31. The van der Waals surface area contributed by atoms with E-state index in [1.807, 2.05) is 43.3 Å². The Morgan fingerprint density at radius 3 is 2.38 bits per heavy atom. The summed E-state index contributed by atoms with van der Waals surface area (Å²) < 4.78 is 5.79. The number of hydrogen-bond acceptors (Lipinski definition) is 3. The normalized spacial score (nSPS) is 10.7. The van der Waals surface area contributed by atoms with E-state index in [9.17, 15) is 0 Å². The summed E-state index contributed by atoms with van der Waals surface area (Å²) in [6.45, 7) is 8.81. The van der Waals surface area contributed by atoms with Crippen LogP contribution in [-0.2, 0) is 0 Å². The van der Waals surface area contributed by atoms with E-state index in [0.29, 0.717) is 5.92 Å². The Labute approximate surface area is 150 Å². The second-order valence-corrected chi connectivity index (χ2v) is 6.78. The molecule has 0 aromatic heterocycles. The Bertz CT molecular complexity index is 643. The van der Waals surface area contributed by atoms with Crippen LogP contribution in [0, 0.1) is 12.8 Å². The molecule has 130 valence electrons. The van der Waals surface area contributed by atoms with Crippen molar-refractivity contribution >= 4 is 23.0 Å². The lowest BCUT2D eigenvalue weighted by Gasteiger charge is -2.12. The standard InChI is InChI=1S/C20H27ClN2O/c1-15(2)9-12-24-19-6-4-5-17(13-19)22-10-11-23-18-8-7-16(3)20(21)14-18/h4-8,13-15,22-23H,9-12H2,1-3H3. The number of nitrogens with one attached hydrogen (secondary N) is 2. The van der Waals surface area contributed by atoms with Crippen LogP contribution >= 0.6 is 11.6 Å². The van der Waals surface area contributed by atoms with Crippen molar-refractivity contribution in [2.24, 2.45) is 5.92 Å². The molecule has 24 heavy (non-hydrogen) atoms. The number of hydrogen-bond donors (Lipinski definition) is 2. The molecule has 0 aliphatic heterocycles. The summed E-state index contributed by atoms with van der Waals surface area (Å²) in [6.07, 6.45) is 1.07. The molecule has 2 aromatic rings. The van der Waals surface area contributed by atoms with Gasteiger partial charge in [-0.25, -0.2) is 0 Å². The van der Waals surface area contributed by atoms with Crippen molar-refractivity contribution in [2.45, 2.75) is 27.2 Å². The van der Waals surface area contributed by atoms with Gasteiger partial charge in [0.05, 0.1) is 6.61 Å². The molecule has 0 amide bonds. The summed E-state index contributed by atoms with van der Waals surface area (Å²) in [4.78, 5) is 0. The van der Waals surface area contributed by atoms with Crippen molar-refractivity contribution < 1.29 is 4.74 Å². The fourth-order valence-electron chi connectivity index (χ4n) is 2.22. The summed E-state index contributed by atoms with van der Waals surface area (Å²) in [5.41, 5.74) is 3.20. The van der Waals surface area contributed by atoms with Gasteiger partial charge in [0, 0.05) is 35.6 Å². The molecule has 0 aliphatic carbocycles. The molecule has 0 unspecified atom stereocenters. The van der Waals surface area contributed by atoms with Gasteiger partial charge in [0.2, 0.25) is 0 Å². The molecule has 2 rings (SSSR count). The number of ether oxygens (including phenoxy) is 1. The van der Waals surface area contributed by atoms with Crippen LogP contribution < -0.4 is 15.4 Å². The van der Waals surface area contributed by atoms with Crippen molar-refractivity contribution in [2.75, 3.05) is 30.3 Å². The summed E-state index contributed by atoms with van der Waals surface area (Å²) in [5, 5.41) is 7.56. The molecule has 0 saturated carbocycles. The van der Waals surface area contributed by atoms with Gasteiger partial charge in [-0.1, -0.05) is 37.6 Å². The molecule has 0 radical (unpaired) electrons. The van der Waals surface area contributed by atoms with Crippen LogP contribution in [0.3, 0.4) is 0 Å². The Morgan fingerprint density at radius 1 is 1.00 bits per heavy atom. The molecule has 4 heteroatoms. The summed E-state index contributed by atoms with van der Waals surface area (Å²) >= 11 is 6.13. The average Bonchev–Trinajstić information content (AvgIpc) is 2.55. The van der Waals surface area contributed by atoms with E-state index < -0.39 is 0 Å². The number of halogens is 1. The molecule has 3 nitrogen and oxygen atoms in total. The van der Waals surface area contributed by atoms with Crippen molar-refractivity contribution in [3.8, 4) is 5.75 Å². The number of benzene rings is 2. The van der Waals surface area contributed by atoms with E-state index in [0.717, 1.165) is 53.8 Å². The van der Waals surface area contributed by atoms with Gasteiger partial charge in [0.1, 0.15) is 5.75 Å². The molecule has 0 aliphatic rings. The number of aryl methyl sites for hydroxylation is 1. The zero-order valence-corrected chi connectivity index (χ0v) is 15.5. The third kappa shape index (κ3) is 6.32. The van der Waals surface area contributed by atoms with Gasteiger partial charge in [-0.15, -0.1) is 0 Å². The third-order valence-corrected chi connectivity index (χ3v) is 4.16. The lowest BCUT2D eigenvalue weighted by Crippen LogP contribution is -2.13. The average molecular weight is 347 g/mol. The molecule has 0 heterocycles. The van der Waals surface area contributed by atoms with Crippen molar-refractivity contribution in [1.29, 1.82) is 0 Å². The van der Waals surface area contributed by atoms with Gasteiger partial charge < -0.3 is 15.4 Å². The summed E-state index contributed by atoms with van der Waals surface area (Å²) in [5.74, 6) is 1.58. The zero-order chi connectivity index (χ0) is 17.4. The molecule has 2 aromatic carbocycles. The van der Waals surface area contributed by atoms with E-state index in [4.69, 9.17) is 16.3 Å². The zero-order valence-electron chi connectivity index (χ0n) is 14.7. The first-order chi connectivity index (χ1) is 11.5. The minimum Gasteiger partial charge on any atom is -0.494 e. The smallest absolute Gasteiger partial charge is 0.121 e. The fraction of sp³-hybridized carbons (Fsp3) is 0.400. The van der Waals surface area contributed by atoms with Crippen LogP contribution in [0.2, 0.25) is 5.02 Å². The lowest BCUT2D eigenvalue weighted by molar-refractivity contribution is 0.289. The monoisotopic (exact) mass is 346 g/mol. The van der Waals surface area contributed by atoms with E-state index >= 15 is 0 Å². The van der Waals surface area contributed by atoms with Crippen molar-refractivity contribution in [1.82, 2.24) is 0 Å². The van der Waals surface area contributed by atoms with Gasteiger partial charge in [0.15, 0.2) is 0 Å². The number of rotatable bonds is 9. The highest BCUT2D eigenvalue weighted by Crippen LogP contribution is 2.20. The van der Waals surface area contributed by atoms with Crippen LogP contribution in [0.5, 0.6) is 5.75 Å². The maximum Gasteiger partial charge on any atom is 0.121 e. The van der Waals surface area contributed by atoms with Gasteiger partial charge in [0.25, 0.3) is 0 Å². The molecule has 0 saturated heterocycles. The van der Waals surface area contributed by atoms with Crippen LogP contribution in [0.1, 0.15) is 25.8 Å². The second kappa shape index (κ2) is 9.43. The van der Waals surface area contributed by atoms with Crippen LogP contribution in [-0.4, -0.2) is 19.7 Å². The van der Waals surface area contributed by atoms with Crippen LogP contribution in [0.25, 0.3) is 0 Å². The van der Waals surface area contributed by atoms with Crippen molar-refractivity contribution in [3.05, 3.63) is 53.1 Å². The maximum absolute atomic E-state index is 6.13. The SMILES string of the molecule is Cc1ccc(NCCNc2cccc(OCCC(C)C)c2)cc1Cl.